The van der Waals surface area contributed by atoms with Crippen molar-refractivity contribution in [3.63, 3.8) is 0 Å². The molecule has 2 aromatic carbocycles. The molecular formula is C23H22F2N4O5. The average Bonchev–Trinajstić information content (AvgIpc) is 3.30. The van der Waals surface area contributed by atoms with Gasteiger partial charge >= 0.3 is 12.0 Å². The van der Waals surface area contributed by atoms with E-state index in [4.69, 9.17) is 9.26 Å². The quantitative estimate of drug-likeness (QED) is 0.443. The minimum atomic E-state index is -0.900. The zero-order valence-electron chi connectivity index (χ0n) is 18.5. The van der Waals surface area contributed by atoms with Crippen LogP contribution in [0.1, 0.15) is 24.4 Å². The number of hydrogen-bond donors (Lipinski definition) is 3. The second-order valence-electron chi connectivity index (χ2n) is 7.55. The number of halogens is 2. The van der Waals surface area contributed by atoms with Crippen molar-refractivity contribution in [1.29, 1.82) is 0 Å². The molecule has 0 fully saturated rings. The number of esters is 1. The van der Waals surface area contributed by atoms with Crippen molar-refractivity contribution in [2.45, 2.75) is 19.9 Å². The van der Waals surface area contributed by atoms with Crippen molar-refractivity contribution in [1.82, 2.24) is 10.5 Å². The van der Waals surface area contributed by atoms with Crippen LogP contribution in [0, 0.1) is 17.6 Å². The molecule has 1 atom stereocenters. The highest BCUT2D eigenvalue weighted by molar-refractivity contribution is 6.00. The largest absolute Gasteiger partial charge is 0.467 e. The number of amides is 3. The Hall–Kier alpha value is -4.28. The smallest absolute Gasteiger partial charge is 0.328 e. The van der Waals surface area contributed by atoms with E-state index in [-0.39, 0.29) is 11.7 Å². The third kappa shape index (κ3) is 5.74. The Morgan fingerprint density at radius 3 is 2.24 bits per heavy atom. The molecule has 1 aromatic heterocycles. The molecule has 0 aliphatic heterocycles. The lowest BCUT2D eigenvalue weighted by Gasteiger charge is -2.18. The number of urea groups is 1. The summed E-state index contributed by atoms with van der Waals surface area (Å²) < 4.78 is 37.1. The van der Waals surface area contributed by atoms with Crippen LogP contribution in [0.25, 0.3) is 11.3 Å². The number of rotatable bonds is 7. The van der Waals surface area contributed by atoms with E-state index in [1.54, 1.807) is 26.0 Å². The molecule has 11 heteroatoms. The van der Waals surface area contributed by atoms with Crippen LogP contribution in [0.15, 0.2) is 53.1 Å². The van der Waals surface area contributed by atoms with Gasteiger partial charge in [-0.05, 0) is 30.2 Å². The van der Waals surface area contributed by atoms with Gasteiger partial charge in [0, 0.05) is 17.3 Å². The van der Waals surface area contributed by atoms with E-state index in [1.165, 1.54) is 31.4 Å². The van der Waals surface area contributed by atoms with Gasteiger partial charge in [0.15, 0.2) is 0 Å². The molecular weight excluding hydrogens is 450 g/mol. The maximum Gasteiger partial charge on any atom is 0.328 e. The molecule has 34 heavy (non-hydrogen) atoms. The maximum atomic E-state index is 13.7. The molecule has 0 bridgehead atoms. The van der Waals surface area contributed by atoms with Gasteiger partial charge in [-0.3, -0.25) is 4.79 Å². The minimum absolute atomic E-state index is 0.0990. The minimum Gasteiger partial charge on any atom is -0.467 e. The normalized spacial score (nSPS) is 11.6. The Balaban J connectivity index is 1.64. The van der Waals surface area contributed by atoms with Gasteiger partial charge in [-0.25, -0.2) is 18.4 Å². The summed E-state index contributed by atoms with van der Waals surface area (Å²) in [7, 11) is 1.23. The fourth-order valence-electron chi connectivity index (χ4n) is 2.97. The van der Waals surface area contributed by atoms with Crippen LogP contribution in [-0.4, -0.2) is 36.2 Å². The van der Waals surface area contributed by atoms with Gasteiger partial charge in [0.2, 0.25) is 5.76 Å². The summed E-state index contributed by atoms with van der Waals surface area (Å²) in [6.07, 6.45) is 0. The molecule has 0 saturated carbocycles. The number of carbonyl (C=O) groups is 3. The predicted octanol–water partition coefficient (Wildman–Crippen LogP) is 4.19. The Bertz CT molecular complexity index is 1170. The zero-order chi connectivity index (χ0) is 24.8. The lowest BCUT2D eigenvalue weighted by atomic mass is 10.0. The number of methoxy groups -OCH3 is 1. The monoisotopic (exact) mass is 472 g/mol. The molecule has 3 rings (SSSR count). The van der Waals surface area contributed by atoms with Crippen molar-refractivity contribution in [3.05, 3.63) is 65.9 Å². The van der Waals surface area contributed by atoms with E-state index in [0.29, 0.717) is 16.9 Å². The first kappa shape index (κ1) is 24.4. The molecule has 178 valence electrons. The summed E-state index contributed by atoms with van der Waals surface area (Å²) in [6, 6.07) is 9.24. The Morgan fingerprint density at radius 2 is 1.65 bits per heavy atom. The summed E-state index contributed by atoms with van der Waals surface area (Å²) in [5, 5.41) is 11.0. The average molecular weight is 472 g/mol. The molecule has 1 heterocycles. The highest BCUT2D eigenvalue weighted by atomic mass is 19.1. The molecule has 0 aliphatic carbocycles. The van der Waals surface area contributed by atoms with Gasteiger partial charge in [-0.15, -0.1) is 0 Å². The highest BCUT2D eigenvalue weighted by Gasteiger charge is 2.27. The molecule has 3 amide bonds. The number of nitrogens with zero attached hydrogens (tertiary/aromatic N) is 1. The van der Waals surface area contributed by atoms with Crippen LogP contribution < -0.4 is 16.0 Å². The van der Waals surface area contributed by atoms with E-state index in [0.717, 1.165) is 12.1 Å². The van der Waals surface area contributed by atoms with Crippen molar-refractivity contribution >= 4 is 29.3 Å². The third-order valence-electron chi connectivity index (χ3n) is 4.78. The molecule has 1 unspecified atom stereocenters. The molecule has 3 N–H and O–H groups in total. The van der Waals surface area contributed by atoms with Gasteiger partial charge in [0.05, 0.1) is 7.11 Å². The Labute approximate surface area is 193 Å². The first-order valence-electron chi connectivity index (χ1n) is 10.2. The second kappa shape index (κ2) is 10.6. The van der Waals surface area contributed by atoms with E-state index >= 15 is 0 Å². The number of nitrogens with one attached hydrogen (secondary N) is 3. The van der Waals surface area contributed by atoms with Crippen LogP contribution in [0.5, 0.6) is 0 Å². The maximum absolute atomic E-state index is 13.7. The predicted molar refractivity (Wildman–Crippen MR) is 119 cm³/mol. The summed E-state index contributed by atoms with van der Waals surface area (Å²) in [6.45, 7) is 3.52. The number of anilines is 2. The molecule has 9 nitrogen and oxygen atoms in total. The van der Waals surface area contributed by atoms with Crippen molar-refractivity contribution in [2.24, 2.45) is 5.92 Å². The summed E-state index contributed by atoms with van der Waals surface area (Å²) in [5.41, 5.74) is 0.699. The zero-order valence-corrected chi connectivity index (χ0v) is 18.5. The van der Waals surface area contributed by atoms with Crippen LogP contribution in [0.3, 0.4) is 0 Å². The highest BCUT2D eigenvalue weighted by Crippen LogP contribution is 2.22. The topological polar surface area (TPSA) is 123 Å². The number of ether oxygens (including phenoxy) is 1. The van der Waals surface area contributed by atoms with E-state index in [1.807, 2.05) is 0 Å². The molecule has 3 aromatic rings. The number of aromatic nitrogens is 1. The SMILES string of the molecule is COC(=O)C(NC(=O)c1cc(-c2ccc(NC(=O)Nc3c(F)cccc3F)cc2)no1)C(C)C. The van der Waals surface area contributed by atoms with E-state index < -0.39 is 41.3 Å². The van der Waals surface area contributed by atoms with Gasteiger partial charge in [0.25, 0.3) is 5.91 Å². The van der Waals surface area contributed by atoms with Gasteiger partial charge < -0.3 is 25.2 Å². The summed E-state index contributed by atoms with van der Waals surface area (Å²) in [5.74, 6) is -3.31. The number of hydrogen-bond acceptors (Lipinski definition) is 6. The van der Waals surface area contributed by atoms with Crippen LogP contribution in [0.2, 0.25) is 0 Å². The summed E-state index contributed by atoms with van der Waals surface area (Å²) in [4.78, 5) is 36.3. The third-order valence-corrected chi connectivity index (χ3v) is 4.78. The van der Waals surface area contributed by atoms with E-state index in [2.05, 4.69) is 21.1 Å². The fraction of sp³-hybridized carbons (Fsp3) is 0.217. The first-order chi connectivity index (χ1) is 16.2. The van der Waals surface area contributed by atoms with Crippen LogP contribution >= 0.6 is 0 Å². The lowest BCUT2D eigenvalue weighted by molar-refractivity contribution is -0.144. The van der Waals surface area contributed by atoms with Crippen molar-refractivity contribution < 1.29 is 32.4 Å². The van der Waals surface area contributed by atoms with Gasteiger partial charge in [0.1, 0.15) is 29.1 Å². The Morgan fingerprint density at radius 1 is 1.00 bits per heavy atom. The Kier molecular flexibility index (Phi) is 7.57. The van der Waals surface area contributed by atoms with Crippen molar-refractivity contribution in [3.8, 4) is 11.3 Å². The molecule has 0 spiro atoms. The van der Waals surface area contributed by atoms with Crippen molar-refractivity contribution in [2.75, 3.05) is 17.7 Å². The fourth-order valence-corrected chi connectivity index (χ4v) is 2.97. The van der Waals surface area contributed by atoms with Crippen LogP contribution in [-0.2, 0) is 9.53 Å². The number of carbonyl (C=O) groups excluding carboxylic acids is 3. The molecule has 0 saturated heterocycles. The number of para-hydroxylation sites is 1. The number of benzene rings is 2. The van der Waals surface area contributed by atoms with E-state index in [9.17, 15) is 23.2 Å². The van der Waals surface area contributed by atoms with Gasteiger partial charge in [-0.1, -0.05) is 37.2 Å². The first-order valence-corrected chi connectivity index (χ1v) is 10.2. The van der Waals surface area contributed by atoms with Gasteiger partial charge in [-0.2, -0.15) is 0 Å². The standard InChI is InChI=1S/C23H22F2N4O5/c1-12(2)19(22(31)33-3)27-21(30)18-11-17(29-34-18)13-7-9-14(10-8-13)26-23(32)28-20-15(24)5-4-6-16(20)25/h4-12,19H,1-3H3,(H,27,30)(H2,26,28,32). The second-order valence-corrected chi connectivity index (χ2v) is 7.55. The molecule has 0 aliphatic rings. The summed E-state index contributed by atoms with van der Waals surface area (Å²) >= 11 is 0. The lowest BCUT2D eigenvalue weighted by Crippen LogP contribution is -2.44. The molecule has 0 radical (unpaired) electrons. The van der Waals surface area contributed by atoms with Crippen LogP contribution in [0.4, 0.5) is 25.0 Å².